The molecule has 2 amide bonds. The minimum Gasteiger partial charge on any atom is -0.382 e. The fourth-order valence-corrected chi connectivity index (χ4v) is 2.36. The van der Waals surface area contributed by atoms with Crippen LogP contribution in [0.2, 0.25) is 0 Å². The minimum absolute atomic E-state index is 0.119. The molecule has 0 radical (unpaired) electrons. The summed E-state index contributed by atoms with van der Waals surface area (Å²) in [5.41, 5.74) is 2.54. The molecule has 1 aliphatic carbocycles. The summed E-state index contributed by atoms with van der Waals surface area (Å²) in [7, 11) is 3.22. The van der Waals surface area contributed by atoms with Gasteiger partial charge in [0.2, 0.25) is 0 Å². The van der Waals surface area contributed by atoms with Crippen molar-refractivity contribution >= 4 is 6.03 Å². The second-order valence-corrected chi connectivity index (χ2v) is 5.56. The molecule has 0 aliphatic heterocycles. The highest BCUT2D eigenvalue weighted by Crippen LogP contribution is 2.27. The van der Waals surface area contributed by atoms with Crippen molar-refractivity contribution in [2.45, 2.75) is 32.3 Å². The zero-order valence-electron chi connectivity index (χ0n) is 13.4. The minimum atomic E-state index is -0.170. The molecular weight excluding hydrogens is 268 g/mol. The Kier molecular flexibility index (Phi) is 8.08. The smallest absolute Gasteiger partial charge is 0.315 e. The Morgan fingerprint density at radius 1 is 1.48 bits per heavy atom. The van der Waals surface area contributed by atoms with Gasteiger partial charge in [-0.05, 0) is 32.1 Å². The van der Waals surface area contributed by atoms with E-state index >= 15 is 0 Å². The van der Waals surface area contributed by atoms with Crippen LogP contribution in [0.3, 0.4) is 0 Å². The van der Waals surface area contributed by atoms with E-state index in [0.29, 0.717) is 25.6 Å². The molecule has 120 valence electrons. The van der Waals surface area contributed by atoms with Crippen molar-refractivity contribution < 1.29 is 14.3 Å². The van der Waals surface area contributed by atoms with Gasteiger partial charge in [-0.1, -0.05) is 23.8 Å². The normalized spacial score (nSPS) is 19.6. The van der Waals surface area contributed by atoms with E-state index in [1.807, 2.05) is 0 Å². The fraction of sp³-hybridized carbons (Fsp3) is 0.688. The van der Waals surface area contributed by atoms with Gasteiger partial charge >= 0.3 is 6.03 Å². The number of carbonyl (C=O) groups is 1. The van der Waals surface area contributed by atoms with Crippen LogP contribution in [0.15, 0.2) is 23.8 Å². The lowest BCUT2D eigenvalue weighted by atomic mass is 9.85. The largest absolute Gasteiger partial charge is 0.382 e. The molecule has 1 unspecified atom stereocenters. The predicted molar refractivity (Wildman–Crippen MR) is 84.3 cm³/mol. The Hall–Kier alpha value is -1.33. The monoisotopic (exact) mass is 296 g/mol. The van der Waals surface area contributed by atoms with Gasteiger partial charge in [0.05, 0.1) is 12.7 Å². The molecule has 5 nitrogen and oxygen atoms in total. The molecule has 0 bridgehead atoms. The quantitative estimate of drug-likeness (QED) is 0.675. The molecule has 5 heteroatoms. The molecule has 21 heavy (non-hydrogen) atoms. The number of amides is 2. The summed E-state index contributed by atoms with van der Waals surface area (Å²) in [4.78, 5) is 11.7. The number of carbonyl (C=O) groups excluding carboxylic acids is 1. The number of urea groups is 1. The maximum atomic E-state index is 11.7. The van der Waals surface area contributed by atoms with Crippen molar-refractivity contribution in [3.8, 4) is 0 Å². The average Bonchev–Trinajstić information content (AvgIpc) is 2.49. The molecule has 0 saturated carbocycles. The van der Waals surface area contributed by atoms with E-state index in [1.165, 1.54) is 11.1 Å². The first-order valence-corrected chi connectivity index (χ1v) is 7.43. The molecule has 0 saturated heterocycles. The molecule has 0 aromatic rings. The van der Waals surface area contributed by atoms with Gasteiger partial charge in [-0.2, -0.15) is 0 Å². The van der Waals surface area contributed by atoms with Crippen molar-refractivity contribution in [1.82, 2.24) is 10.6 Å². The molecule has 0 spiro atoms. The topological polar surface area (TPSA) is 59.6 Å². The second kappa shape index (κ2) is 9.58. The van der Waals surface area contributed by atoms with Gasteiger partial charge in [0.25, 0.3) is 0 Å². The first-order valence-electron chi connectivity index (χ1n) is 7.43. The average molecular weight is 296 g/mol. The molecular formula is C16H28N2O3. The van der Waals surface area contributed by atoms with Crippen molar-refractivity contribution in [2.24, 2.45) is 5.92 Å². The third-order valence-corrected chi connectivity index (χ3v) is 3.85. The van der Waals surface area contributed by atoms with Crippen molar-refractivity contribution in [3.63, 3.8) is 0 Å². The van der Waals surface area contributed by atoms with Crippen LogP contribution in [-0.4, -0.2) is 46.1 Å². The van der Waals surface area contributed by atoms with Crippen LogP contribution in [0.5, 0.6) is 0 Å². The molecule has 2 N–H and O–H groups in total. The van der Waals surface area contributed by atoms with Crippen LogP contribution < -0.4 is 10.6 Å². The fourth-order valence-electron chi connectivity index (χ4n) is 2.36. The van der Waals surface area contributed by atoms with Crippen molar-refractivity contribution in [3.05, 3.63) is 23.8 Å². The Bertz CT molecular complexity index is 380. The number of ether oxygens (including phenoxy) is 2. The summed E-state index contributed by atoms with van der Waals surface area (Å²) in [5.74, 6) is 0.596. The number of rotatable bonds is 8. The third-order valence-electron chi connectivity index (χ3n) is 3.85. The molecule has 0 aromatic heterocycles. The van der Waals surface area contributed by atoms with E-state index < -0.39 is 0 Å². The van der Waals surface area contributed by atoms with Crippen LogP contribution in [0.4, 0.5) is 4.79 Å². The third kappa shape index (κ3) is 6.78. The van der Waals surface area contributed by atoms with Crippen LogP contribution in [-0.2, 0) is 9.47 Å². The van der Waals surface area contributed by atoms with E-state index in [1.54, 1.807) is 14.2 Å². The highest BCUT2D eigenvalue weighted by Gasteiger charge is 2.15. The zero-order valence-corrected chi connectivity index (χ0v) is 13.4. The molecule has 1 aliphatic rings. The van der Waals surface area contributed by atoms with Crippen molar-refractivity contribution in [1.29, 1.82) is 0 Å². The number of allylic oxidation sites excluding steroid dienone is 2. The summed E-state index contributed by atoms with van der Waals surface area (Å²) >= 11 is 0. The molecule has 0 fully saturated rings. The lowest BCUT2D eigenvalue weighted by Crippen LogP contribution is -2.42. The van der Waals surface area contributed by atoms with Gasteiger partial charge in [0.15, 0.2) is 0 Å². The predicted octanol–water partition coefficient (Wildman–Crippen LogP) is 2.25. The molecule has 2 atom stereocenters. The van der Waals surface area contributed by atoms with Gasteiger partial charge in [-0.3, -0.25) is 0 Å². The SMILES string of the molecule is C=C(C)[C@@H]1CC=C(CNC(=O)NCC(COC)OC)CC1. The van der Waals surface area contributed by atoms with Crippen LogP contribution >= 0.6 is 0 Å². The van der Waals surface area contributed by atoms with E-state index in [2.05, 4.69) is 30.2 Å². The van der Waals surface area contributed by atoms with Crippen LogP contribution in [0.1, 0.15) is 26.2 Å². The Morgan fingerprint density at radius 3 is 2.76 bits per heavy atom. The maximum absolute atomic E-state index is 11.7. The first-order chi connectivity index (χ1) is 10.1. The highest BCUT2D eigenvalue weighted by atomic mass is 16.5. The molecule has 0 heterocycles. The number of methoxy groups -OCH3 is 2. The standard InChI is InChI=1S/C16H28N2O3/c1-12(2)14-7-5-13(6-8-14)9-17-16(19)18-10-15(21-4)11-20-3/h5,14-15H,1,6-11H2,2-4H3,(H2,17,18,19)/t14-,15?/m1/s1. The van der Waals surface area contributed by atoms with Gasteiger partial charge < -0.3 is 20.1 Å². The van der Waals surface area contributed by atoms with E-state index in [4.69, 9.17) is 9.47 Å². The Balaban J connectivity index is 2.23. The van der Waals surface area contributed by atoms with Crippen LogP contribution in [0.25, 0.3) is 0 Å². The number of hydrogen-bond acceptors (Lipinski definition) is 3. The zero-order chi connectivity index (χ0) is 15.7. The summed E-state index contributed by atoms with van der Waals surface area (Å²) < 4.78 is 10.2. The maximum Gasteiger partial charge on any atom is 0.315 e. The van der Waals surface area contributed by atoms with Gasteiger partial charge in [0, 0.05) is 27.3 Å². The lowest BCUT2D eigenvalue weighted by molar-refractivity contribution is 0.0304. The first kappa shape index (κ1) is 17.7. The number of nitrogens with one attached hydrogen (secondary N) is 2. The van der Waals surface area contributed by atoms with Crippen molar-refractivity contribution in [2.75, 3.05) is 33.9 Å². The Labute approximate surface area is 127 Å². The van der Waals surface area contributed by atoms with Gasteiger partial charge in [-0.25, -0.2) is 4.79 Å². The molecule has 1 rings (SSSR count). The summed E-state index contributed by atoms with van der Waals surface area (Å²) in [6.45, 7) is 7.60. The van der Waals surface area contributed by atoms with Crippen LogP contribution in [0, 0.1) is 5.92 Å². The van der Waals surface area contributed by atoms with E-state index in [-0.39, 0.29) is 12.1 Å². The lowest BCUT2D eigenvalue weighted by Gasteiger charge is -2.22. The molecule has 0 aromatic carbocycles. The second-order valence-electron chi connectivity index (χ2n) is 5.56. The Morgan fingerprint density at radius 2 is 2.24 bits per heavy atom. The summed E-state index contributed by atoms with van der Waals surface area (Å²) in [6.07, 6.45) is 5.30. The highest BCUT2D eigenvalue weighted by molar-refractivity contribution is 5.74. The van der Waals surface area contributed by atoms with Gasteiger partial charge in [0.1, 0.15) is 0 Å². The van der Waals surface area contributed by atoms with E-state index in [9.17, 15) is 4.79 Å². The summed E-state index contributed by atoms with van der Waals surface area (Å²) in [6, 6.07) is -0.170. The number of hydrogen-bond donors (Lipinski definition) is 2. The van der Waals surface area contributed by atoms with E-state index in [0.717, 1.165) is 19.3 Å². The van der Waals surface area contributed by atoms with Gasteiger partial charge in [-0.15, -0.1) is 0 Å². The summed E-state index contributed by atoms with van der Waals surface area (Å²) in [5, 5.41) is 5.67.